The van der Waals surface area contributed by atoms with Crippen molar-refractivity contribution < 1.29 is 0 Å². The van der Waals surface area contributed by atoms with Gasteiger partial charge in [0.05, 0.1) is 11.8 Å². The molecule has 3 heterocycles. The van der Waals surface area contributed by atoms with Gasteiger partial charge in [-0.25, -0.2) is 9.97 Å². The summed E-state index contributed by atoms with van der Waals surface area (Å²) in [6.07, 6.45) is 5.51. The number of aromatic nitrogens is 5. The van der Waals surface area contributed by atoms with E-state index in [1.54, 1.807) is 17.1 Å². The molecule has 0 saturated carbocycles. The van der Waals surface area contributed by atoms with Gasteiger partial charge in [-0.1, -0.05) is 0 Å². The molecular formula is C11H10BrN5. The van der Waals surface area contributed by atoms with E-state index in [9.17, 15) is 0 Å². The molecular weight excluding hydrogens is 282 g/mol. The summed E-state index contributed by atoms with van der Waals surface area (Å²) in [7, 11) is 3.84. The van der Waals surface area contributed by atoms with E-state index in [-0.39, 0.29) is 0 Å². The lowest BCUT2D eigenvalue weighted by atomic mass is 10.3. The summed E-state index contributed by atoms with van der Waals surface area (Å²) in [4.78, 5) is 8.93. The standard InChI is InChI=1S/C11H10BrN5/c1-16-6-7(5-14-16)10-15-9-8(12)3-4-13-11(9)17(10)2/h3-6H,1-2H3. The molecule has 3 rings (SSSR count). The first-order chi connectivity index (χ1) is 8.16. The second-order valence-corrected chi connectivity index (χ2v) is 4.72. The van der Waals surface area contributed by atoms with Crippen molar-refractivity contribution in [2.45, 2.75) is 0 Å². The van der Waals surface area contributed by atoms with E-state index < -0.39 is 0 Å². The maximum absolute atomic E-state index is 4.60. The number of imidazole rings is 1. The molecule has 5 nitrogen and oxygen atoms in total. The quantitative estimate of drug-likeness (QED) is 0.690. The fourth-order valence-electron chi connectivity index (χ4n) is 1.85. The van der Waals surface area contributed by atoms with Crippen LogP contribution in [-0.2, 0) is 14.1 Å². The third-order valence-corrected chi connectivity index (χ3v) is 3.31. The van der Waals surface area contributed by atoms with Gasteiger partial charge in [0, 0.05) is 31.0 Å². The third kappa shape index (κ3) is 1.56. The Morgan fingerprint density at radius 3 is 2.76 bits per heavy atom. The van der Waals surface area contributed by atoms with Crippen LogP contribution in [0.15, 0.2) is 29.1 Å². The Morgan fingerprint density at radius 1 is 1.29 bits per heavy atom. The summed E-state index contributed by atoms with van der Waals surface area (Å²) >= 11 is 3.49. The highest BCUT2D eigenvalue weighted by molar-refractivity contribution is 9.10. The normalized spacial score (nSPS) is 11.2. The third-order valence-electron chi connectivity index (χ3n) is 2.67. The van der Waals surface area contributed by atoms with Crippen LogP contribution in [0.5, 0.6) is 0 Å². The van der Waals surface area contributed by atoms with E-state index >= 15 is 0 Å². The van der Waals surface area contributed by atoms with E-state index in [1.807, 2.05) is 30.9 Å². The zero-order valence-corrected chi connectivity index (χ0v) is 11.0. The van der Waals surface area contributed by atoms with E-state index in [2.05, 4.69) is 31.0 Å². The van der Waals surface area contributed by atoms with Gasteiger partial charge in [-0.3, -0.25) is 4.68 Å². The van der Waals surface area contributed by atoms with Gasteiger partial charge in [0.1, 0.15) is 11.3 Å². The predicted octanol–water partition coefficient (Wildman–Crippen LogP) is 2.13. The molecule has 6 heteroatoms. The van der Waals surface area contributed by atoms with E-state index in [0.29, 0.717) is 0 Å². The van der Waals surface area contributed by atoms with Crippen LogP contribution in [0.4, 0.5) is 0 Å². The Labute approximate surface area is 106 Å². The maximum atomic E-state index is 4.60. The molecule has 86 valence electrons. The van der Waals surface area contributed by atoms with Crippen LogP contribution in [0.3, 0.4) is 0 Å². The predicted molar refractivity (Wildman–Crippen MR) is 68.4 cm³/mol. The fourth-order valence-corrected chi connectivity index (χ4v) is 2.23. The van der Waals surface area contributed by atoms with Gasteiger partial charge >= 0.3 is 0 Å². The molecule has 3 aromatic heterocycles. The molecule has 0 aliphatic rings. The molecule has 0 amide bonds. The number of rotatable bonds is 1. The molecule has 3 aromatic rings. The summed E-state index contributed by atoms with van der Waals surface area (Å²) in [5.74, 6) is 0.868. The zero-order valence-electron chi connectivity index (χ0n) is 9.42. The largest absolute Gasteiger partial charge is 0.312 e. The summed E-state index contributed by atoms with van der Waals surface area (Å²) in [5, 5.41) is 4.16. The zero-order chi connectivity index (χ0) is 12.0. The van der Waals surface area contributed by atoms with E-state index in [0.717, 1.165) is 27.0 Å². The minimum Gasteiger partial charge on any atom is -0.312 e. The van der Waals surface area contributed by atoms with Crippen LogP contribution >= 0.6 is 15.9 Å². The van der Waals surface area contributed by atoms with Crippen LogP contribution in [0.1, 0.15) is 0 Å². The Morgan fingerprint density at radius 2 is 2.12 bits per heavy atom. The van der Waals surface area contributed by atoms with Crippen molar-refractivity contribution in [3.63, 3.8) is 0 Å². The average molecular weight is 292 g/mol. The molecule has 17 heavy (non-hydrogen) atoms. The first-order valence-corrected chi connectivity index (χ1v) is 5.92. The molecule has 0 unspecified atom stereocenters. The first kappa shape index (κ1) is 10.5. The number of nitrogens with zero attached hydrogens (tertiary/aromatic N) is 5. The molecule has 0 aliphatic heterocycles. The minimum atomic E-state index is 0.859. The number of hydrogen-bond acceptors (Lipinski definition) is 3. The first-order valence-electron chi connectivity index (χ1n) is 5.13. The van der Waals surface area contributed by atoms with Crippen LogP contribution in [0.2, 0.25) is 0 Å². The minimum absolute atomic E-state index is 0.859. The van der Waals surface area contributed by atoms with Crippen molar-refractivity contribution in [2.24, 2.45) is 14.1 Å². The van der Waals surface area contributed by atoms with Crippen molar-refractivity contribution >= 4 is 27.1 Å². The smallest absolute Gasteiger partial charge is 0.161 e. The van der Waals surface area contributed by atoms with Crippen LogP contribution in [0.25, 0.3) is 22.6 Å². The van der Waals surface area contributed by atoms with E-state index in [4.69, 9.17) is 0 Å². The van der Waals surface area contributed by atoms with Gasteiger partial charge in [0.25, 0.3) is 0 Å². The lowest BCUT2D eigenvalue weighted by molar-refractivity contribution is 0.767. The van der Waals surface area contributed by atoms with Crippen molar-refractivity contribution in [1.82, 2.24) is 24.3 Å². The molecule has 0 saturated heterocycles. The van der Waals surface area contributed by atoms with Crippen molar-refractivity contribution in [3.8, 4) is 11.4 Å². The lowest BCUT2D eigenvalue weighted by Crippen LogP contribution is -1.92. The maximum Gasteiger partial charge on any atom is 0.161 e. The van der Waals surface area contributed by atoms with Gasteiger partial charge in [0.15, 0.2) is 5.65 Å². The second kappa shape index (κ2) is 3.66. The molecule has 0 aromatic carbocycles. The van der Waals surface area contributed by atoms with Crippen LogP contribution in [0, 0.1) is 0 Å². The Kier molecular flexibility index (Phi) is 2.25. The van der Waals surface area contributed by atoms with Crippen LogP contribution in [-0.4, -0.2) is 24.3 Å². The van der Waals surface area contributed by atoms with Gasteiger partial charge in [-0.05, 0) is 22.0 Å². The summed E-state index contributed by atoms with van der Waals surface area (Å²) in [6, 6.07) is 1.89. The molecule has 0 radical (unpaired) electrons. The topological polar surface area (TPSA) is 48.5 Å². The van der Waals surface area contributed by atoms with E-state index in [1.165, 1.54) is 0 Å². The highest BCUT2D eigenvalue weighted by atomic mass is 79.9. The molecule has 0 spiro atoms. The van der Waals surface area contributed by atoms with Gasteiger partial charge in [-0.2, -0.15) is 5.10 Å². The molecule has 0 N–H and O–H groups in total. The van der Waals surface area contributed by atoms with Crippen molar-refractivity contribution in [3.05, 3.63) is 29.1 Å². The molecule has 0 fully saturated rings. The lowest BCUT2D eigenvalue weighted by Gasteiger charge is -1.97. The number of fused-ring (bicyclic) bond motifs is 1. The van der Waals surface area contributed by atoms with Crippen LogP contribution < -0.4 is 0 Å². The van der Waals surface area contributed by atoms with Gasteiger partial charge < -0.3 is 4.57 Å². The summed E-state index contributed by atoms with van der Waals surface area (Å²) in [6.45, 7) is 0. The number of hydrogen-bond donors (Lipinski definition) is 0. The summed E-state index contributed by atoms with van der Waals surface area (Å²) in [5.41, 5.74) is 2.71. The molecule has 0 bridgehead atoms. The Bertz CT molecular complexity index is 697. The summed E-state index contributed by atoms with van der Waals surface area (Å²) < 4.78 is 4.68. The average Bonchev–Trinajstić information content (AvgIpc) is 2.85. The molecule has 0 atom stereocenters. The second-order valence-electron chi connectivity index (χ2n) is 3.86. The number of aryl methyl sites for hydroxylation is 2. The van der Waals surface area contributed by atoms with Crippen molar-refractivity contribution in [1.29, 1.82) is 0 Å². The number of halogens is 1. The van der Waals surface area contributed by atoms with Gasteiger partial charge in [0.2, 0.25) is 0 Å². The Balaban J connectivity index is 2.31. The SMILES string of the molecule is Cn1cc(-c2nc3c(Br)ccnc3n2C)cn1. The highest BCUT2D eigenvalue weighted by Gasteiger charge is 2.13. The Hall–Kier alpha value is -1.69. The number of pyridine rings is 1. The fraction of sp³-hybridized carbons (Fsp3) is 0.182. The van der Waals surface area contributed by atoms with Crippen molar-refractivity contribution in [2.75, 3.05) is 0 Å². The van der Waals surface area contributed by atoms with Gasteiger partial charge in [-0.15, -0.1) is 0 Å². The highest BCUT2D eigenvalue weighted by Crippen LogP contribution is 2.26. The molecule has 0 aliphatic carbocycles. The monoisotopic (exact) mass is 291 g/mol.